The van der Waals surface area contributed by atoms with Crippen LogP contribution in [0.1, 0.15) is 65.2 Å². The Kier molecular flexibility index (Phi) is 5.81. The number of nitrogens with zero attached hydrogens (tertiary/aromatic N) is 5. The first-order valence-corrected chi connectivity index (χ1v) is 13.3. The summed E-state index contributed by atoms with van der Waals surface area (Å²) in [7, 11) is 1.49. The predicted molar refractivity (Wildman–Crippen MR) is 140 cm³/mol. The van der Waals surface area contributed by atoms with Crippen LogP contribution >= 0.6 is 0 Å². The molecule has 2 heterocycles. The monoisotopic (exact) mass is 503 g/mol. The Bertz CT molecular complexity index is 1270. The number of hydrogen-bond donors (Lipinski definition) is 1. The third-order valence-electron chi connectivity index (χ3n) is 8.62. The highest BCUT2D eigenvalue weighted by molar-refractivity contribution is 5.75. The number of anilines is 1. The molecular weight excluding hydrogens is 469 g/mol. The SMILES string of the molecule is COc1cc(-c2cc(O)c(-c3ccc(N(C4CC4)C4C[C@]5(C)CCC[C@](C)(C4)C5)nn3)c(F)c2)cnn1. The first-order chi connectivity index (χ1) is 17.8. The zero-order valence-corrected chi connectivity index (χ0v) is 21.7. The normalized spacial score (nSPS) is 27.1. The van der Waals surface area contributed by atoms with Gasteiger partial charge in [0.25, 0.3) is 0 Å². The van der Waals surface area contributed by atoms with E-state index in [1.807, 2.05) is 6.07 Å². The molecule has 0 amide bonds. The molecule has 2 bridgehead atoms. The summed E-state index contributed by atoms with van der Waals surface area (Å²) in [5, 5.41) is 27.5. The highest BCUT2D eigenvalue weighted by Gasteiger charge is 2.49. The first kappa shape index (κ1) is 24.1. The molecule has 0 spiro atoms. The number of aromatic nitrogens is 4. The third-order valence-corrected chi connectivity index (χ3v) is 8.62. The maximum Gasteiger partial charge on any atom is 0.233 e. The van der Waals surface area contributed by atoms with Crippen molar-refractivity contribution < 1.29 is 14.2 Å². The Morgan fingerprint density at radius 1 is 0.973 bits per heavy atom. The van der Waals surface area contributed by atoms with Crippen molar-refractivity contribution in [3.05, 3.63) is 42.3 Å². The summed E-state index contributed by atoms with van der Waals surface area (Å²) in [6.45, 7) is 4.92. The van der Waals surface area contributed by atoms with E-state index in [4.69, 9.17) is 4.74 Å². The predicted octanol–water partition coefficient (Wildman–Crippen LogP) is 6.17. The van der Waals surface area contributed by atoms with Crippen molar-refractivity contribution in [2.75, 3.05) is 12.0 Å². The van der Waals surface area contributed by atoms with E-state index in [2.05, 4.69) is 39.1 Å². The molecule has 0 aliphatic heterocycles. The molecule has 1 aromatic carbocycles. The highest BCUT2D eigenvalue weighted by atomic mass is 19.1. The summed E-state index contributed by atoms with van der Waals surface area (Å²) < 4.78 is 20.4. The zero-order chi connectivity index (χ0) is 25.8. The number of ether oxygens (including phenoxy) is 1. The van der Waals surface area contributed by atoms with Gasteiger partial charge in [0.05, 0.1) is 24.6 Å². The lowest BCUT2D eigenvalue weighted by Gasteiger charge is -2.54. The highest BCUT2D eigenvalue weighted by Crippen LogP contribution is 2.57. The van der Waals surface area contributed by atoms with Crippen molar-refractivity contribution in [2.45, 2.75) is 77.3 Å². The van der Waals surface area contributed by atoms with Gasteiger partial charge < -0.3 is 14.7 Å². The van der Waals surface area contributed by atoms with Crippen LogP contribution in [-0.2, 0) is 0 Å². The van der Waals surface area contributed by atoms with Gasteiger partial charge in [0, 0.05) is 23.7 Å². The topological polar surface area (TPSA) is 84.3 Å². The average molecular weight is 504 g/mol. The number of fused-ring (bicyclic) bond motifs is 2. The van der Waals surface area contributed by atoms with E-state index in [0.717, 1.165) is 5.82 Å². The second kappa shape index (κ2) is 8.92. The van der Waals surface area contributed by atoms with Gasteiger partial charge in [-0.25, -0.2) is 4.39 Å². The second-order valence-electron chi connectivity index (χ2n) is 12.0. The Balaban J connectivity index is 1.28. The van der Waals surface area contributed by atoms with Crippen LogP contribution in [-0.4, -0.2) is 44.7 Å². The lowest BCUT2D eigenvalue weighted by molar-refractivity contribution is 0.0127. The summed E-state index contributed by atoms with van der Waals surface area (Å²) in [6.07, 6.45) is 11.5. The number of aromatic hydroxyl groups is 1. The summed E-state index contributed by atoms with van der Waals surface area (Å²) in [5.74, 6) is 0.392. The Labute approximate surface area is 217 Å². The molecule has 3 aromatic rings. The van der Waals surface area contributed by atoms with Crippen LogP contribution < -0.4 is 9.64 Å². The lowest BCUT2D eigenvalue weighted by atomic mass is 9.55. The van der Waals surface area contributed by atoms with Crippen LogP contribution in [0.15, 0.2) is 36.5 Å². The molecule has 0 radical (unpaired) electrons. The third kappa shape index (κ3) is 4.62. The van der Waals surface area contributed by atoms with Crippen molar-refractivity contribution in [1.82, 2.24) is 20.4 Å². The molecule has 3 atom stereocenters. The van der Waals surface area contributed by atoms with Crippen LogP contribution in [0.25, 0.3) is 22.4 Å². The number of halogens is 1. The number of benzene rings is 1. The van der Waals surface area contributed by atoms with Gasteiger partial charge in [-0.15, -0.1) is 15.3 Å². The van der Waals surface area contributed by atoms with E-state index < -0.39 is 5.82 Å². The van der Waals surface area contributed by atoms with E-state index in [1.165, 1.54) is 76.8 Å². The first-order valence-electron chi connectivity index (χ1n) is 13.3. The number of hydrogen-bond acceptors (Lipinski definition) is 7. The van der Waals surface area contributed by atoms with Crippen LogP contribution in [0.4, 0.5) is 10.2 Å². The fraction of sp³-hybridized carbons (Fsp3) is 0.517. The molecule has 8 heteroatoms. The van der Waals surface area contributed by atoms with Crippen molar-refractivity contribution >= 4 is 5.82 Å². The van der Waals surface area contributed by atoms with Crippen molar-refractivity contribution in [3.8, 4) is 34.0 Å². The van der Waals surface area contributed by atoms with E-state index in [9.17, 15) is 5.11 Å². The lowest BCUT2D eigenvalue weighted by Crippen LogP contribution is -2.51. The fourth-order valence-corrected chi connectivity index (χ4v) is 7.14. The number of methoxy groups -OCH3 is 1. The Morgan fingerprint density at radius 3 is 2.35 bits per heavy atom. The van der Waals surface area contributed by atoms with E-state index >= 15 is 4.39 Å². The number of phenolic OH excluding ortho intramolecular Hbond substituents is 1. The van der Waals surface area contributed by atoms with Gasteiger partial charge in [-0.1, -0.05) is 20.3 Å². The molecule has 0 saturated heterocycles. The minimum atomic E-state index is -0.576. The molecule has 3 saturated carbocycles. The van der Waals surface area contributed by atoms with Gasteiger partial charge in [-0.05, 0) is 85.6 Å². The molecule has 3 aliphatic rings. The second-order valence-corrected chi connectivity index (χ2v) is 12.0. The summed E-state index contributed by atoms with van der Waals surface area (Å²) >= 11 is 0. The van der Waals surface area contributed by atoms with Crippen molar-refractivity contribution in [2.24, 2.45) is 10.8 Å². The molecule has 37 heavy (non-hydrogen) atoms. The number of phenols is 1. The minimum Gasteiger partial charge on any atom is -0.507 e. The molecule has 7 nitrogen and oxygen atoms in total. The van der Waals surface area contributed by atoms with Crippen LogP contribution in [0.5, 0.6) is 11.6 Å². The quantitative estimate of drug-likeness (QED) is 0.430. The van der Waals surface area contributed by atoms with Crippen molar-refractivity contribution in [3.63, 3.8) is 0 Å². The Morgan fingerprint density at radius 2 is 1.73 bits per heavy atom. The van der Waals surface area contributed by atoms with E-state index in [-0.39, 0.29) is 11.3 Å². The summed E-state index contributed by atoms with van der Waals surface area (Å²) in [4.78, 5) is 2.50. The van der Waals surface area contributed by atoms with Gasteiger partial charge in [-0.2, -0.15) is 5.10 Å². The molecule has 3 fully saturated rings. The van der Waals surface area contributed by atoms with Gasteiger partial charge in [0.15, 0.2) is 5.82 Å². The van der Waals surface area contributed by atoms with Gasteiger partial charge in [0.1, 0.15) is 11.6 Å². The molecule has 1 unspecified atom stereocenters. The van der Waals surface area contributed by atoms with E-state index in [0.29, 0.717) is 45.6 Å². The van der Waals surface area contributed by atoms with Crippen LogP contribution in [0.2, 0.25) is 0 Å². The summed E-state index contributed by atoms with van der Waals surface area (Å²) in [5.41, 5.74) is 2.20. The van der Waals surface area contributed by atoms with Gasteiger partial charge in [0.2, 0.25) is 5.88 Å². The zero-order valence-electron chi connectivity index (χ0n) is 21.7. The molecule has 6 rings (SSSR count). The van der Waals surface area contributed by atoms with Crippen LogP contribution in [0.3, 0.4) is 0 Å². The standard InChI is InChI=1S/C29H34FN5O2/c1-28-9-4-10-29(2,17-28)15-21(14-28)35(20-5-6-20)25-8-7-23(32-33-25)27-22(30)11-18(12-24(27)36)19-13-26(37-3)34-31-16-19/h7-8,11-13,16,20-21,36H,4-6,9-10,14-15,17H2,1-3H3/t21?,28-,29+. The summed E-state index contributed by atoms with van der Waals surface area (Å²) in [6, 6.07) is 9.18. The minimum absolute atomic E-state index is 0.0435. The van der Waals surface area contributed by atoms with Crippen LogP contribution in [0, 0.1) is 16.6 Å². The smallest absolute Gasteiger partial charge is 0.233 e. The Hall–Kier alpha value is -3.29. The largest absolute Gasteiger partial charge is 0.507 e. The van der Waals surface area contributed by atoms with Gasteiger partial charge >= 0.3 is 0 Å². The molecule has 2 aromatic heterocycles. The maximum absolute atomic E-state index is 15.3. The van der Waals surface area contributed by atoms with E-state index in [1.54, 1.807) is 12.1 Å². The molecular formula is C29H34FN5O2. The molecule has 3 aliphatic carbocycles. The molecule has 1 N–H and O–H groups in total. The van der Waals surface area contributed by atoms with Gasteiger partial charge in [-0.3, -0.25) is 0 Å². The maximum atomic E-state index is 15.3. The molecule has 194 valence electrons. The van der Waals surface area contributed by atoms with Crippen molar-refractivity contribution in [1.29, 1.82) is 0 Å². The fourth-order valence-electron chi connectivity index (χ4n) is 7.14. The average Bonchev–Trinajstić information content (AvgIpc) is 3.68. The number of rotatable bonds is 6.